The lowest BCUT2D eigenvalue weighted by Crippen LogP contribution is -2.04. The van der Waals surface area contributed by atoms with Crippen molar-refractivity contribution in [3.05, 3.63) is 205 Å². The molecule has 0 atom stereocenters. The highest BCUT2D eigenvalue weighted by Crippen LogP contribution is 2.53. The monoisotopic (exact) mass is 694 g/mol. The van der Waals surface area contributed by atoms with E-state index in [1.807, 2.05) is 36.4 Å². The summed E-state index contributed by atoms with van der Waals surface area (Å²) < 4.78 is 0. The quantitative estimate of drug-likeness (QED) is 0.155. The largest absolute Gasteiger partial charge is 0.392 e. The van der Waals surface area contributed by atoms with Crippen molar-refractivity contribution in [2.45, 2.75) is 13.2 Å². The molecule has 0 amide bonds. The van der Waals surface area contributed by atoms with Crippen LogP contribution in [0, 0.1) is 0 Å². The van der Waals surface area contributed by atoms with Crippen molar-refractivity contribution < 1.29 is 10.2 Å². The van der Waals surface area contributed by atoms with Gasteiger partial charge in [0.25, 0.3) is 0 Å². The molecule has 0 aliphatic heterocycles. The molecule has 2 heteroatoms. The van der Waals surface area contributed by atoms with Gasteiger partial charge in [0.1, 0.15) is 0 Å². The molecule has 258 valence electrons. The van der Waals surface area contributed by atoms with Gasteiger partial charge >= 0.3 is 0 Å². The molecule has 54 heavy (non-hydrogen) atoms. The van der Waals surface area contributed by atoms with Gasteiger partial charge in [-0.05, 0) is 112 Å². The maximum atomic E-state index is 11.2. The molecule has 0 saturated carbocycles. The SMILES string of the molecule is OCc1c(CO)c(-c2ccccc2)c2cc3c(-c4ccccc4)c(-c4ccccc4)c(-c4ccccc4)c(-c4ccccc4)c3cc2c1-c1ccccc1. The van der Waals surface area contributed by atoms with E-state index in [0.29, 0.717) is 0 Å². The van der Waals surface area contributed by atoms with Gasteiger partial charge in [-0.2, -0.15) is 0 Å². The van der Waals surface area contributed by atoms with E-state index in [-0.39, 0.29) is 13.2 Å². The number of hydrogen-bond donors (Lipinski definition) is 2. The first-order chi connectivity index (χ1) is 26.8. The molecule has 9 rings (SSSR count). The predicted octanol–water partition coefficient (Wildman–Crippen LogP) is 13.0. The Morgan fingerprint density at radius 3 is 0.685 bits per heavy atom. The van der Waals surface area contributed by atoms with E-state index in [2.05, 4.69) is 158 Å². The lowest BCUT2D eigenvalue weighted by molar-refractivity contribution is 0.261. The molecule has 0 fully saturated rings. The van der Waals surface area contributed by atoms with Crippen molar-refractivity contribution >= 4 is 21.5 Å². The van der Waals surface area contributed by atoms with Gasteiger partial charge in [-0.15, -0.1) is 0 Å². The van der Waals surface area contributed by atoms with E-state index in [4.69, 9.17) is 0 Å². The average Bonchev–Trinajstić information content (AvgIpc) is 3.25. The fourth-order valence-electron chi connectivity index (χ4n) is 8.39. The summed E-state index contributed by atoms with van der Waals surface area (Å²) in [6, 6.07) is 68.3. The van der Waals surface area contributed by atoms with Crippen LogP contribution in [-0.2, 0) is 13.2 Å². The molecule has 0 aliphatic carbocycles. The Labute approximate surface area is 315 Å². The molecular weight excluding hydrogens is 657 g/mol. The van der Waals surface area contributed by atoms with E-state index < -0.39 is 0 Å². The summed E-state index contributed by atoms with van der Waals surface area (Å²) in [5.74, 6) is 0. The first-order valence-electron chi connectivity index (χ1n) is 18.5. The molecule has 0 saturated heterocycles. The van der Waals surface area contributed by atoms with Crippen LogP contribution in [-0.4, -0.2) is 10.2 Å². The lowest BCUT2D eigenvalue weighted by atomic mass is 9.76. The second-order valence-electron chi connectivity index (χ2n) is 13.7. The van der Waals surface area contributed by atoms with Crippen LogP contribution in [0.4, 0.5) is 0 Å². The van der Waals surface area contributed by atoms with Crippen molar-refractivity contribution in [2.24, 2.45) is 0 Å². The normalized spacial score (nSPS) is 11.3. The standard InChI is InChI=1S/C52H38O2/c53-33-45-46(34-54)48(36-21-9-2-10-22-36)42-32-44-43(31-41(42)47(45)35-19-7-1-8-20-35)49(37-23-11-3-12-24-37)51(39-27-15-5-16-28-39)52(40-29-17-6-18-30-40)50(44)38-25-13-4-14-26-38/h1-32,53-54H,33-34H2. The molecule has 2 nitrogen and oxygen atoms in total. The van der Waals surface area contributed by atoms with Gasteiger partial charge in [0.2, 0.25) is 0 Å². The first kappa shape index (κ1) is 33.3. The van der Waals surface area contributed by atoms with Crippen LogP contribution in [0.1, 0.15) is 11.1 Å². The molecule has 0 aliphatic rings. The molecule has 2 N–H and O–H groups in total. The Morgan fingerprint density at radius 1 is 0.241 bits per heavy atom. The average molecular weight is 695 g/mol. The zero-order valence-corrected chi connectivity index (χ0v) is 29.8. The van der Waals surface area contributed by atoms with Crippen molar-refractivity contribution in [3.8, 4) is 66.8 Å². The highest BCUT2D eigenvalue weighted by atomic mass is 16.3. The summed E-state index contributed by atoms with van der Waals surface area (Å²) in [4.78, 5) is 0. The fourth-order valence-corrected chi connectivity index (χ4v) is 8.39. The van der Waals surface area contributed by atoms with Crippen molar-refractivity contribution in [2.75, 3.05) is 0 Å². The number of benzene rings is 9. The van der Waals surface area contributed by atoms with Crippen molar-refractivity contribution in [3.63, 3.8) is 0 Å². The third kappa shape index (κ3) is 5.70. The third-order valence-electron chi connectivity index (χ3n) is 10.6. The Kier molecular flexibility index (Phi) is 8.90. The molecule has 0 unspecified atom stereocenters. The van der Waals surface area contributed by atoms with Crippen LogP contribution in [0.15, 0.2) is 194 Å². The molecule has 9 aromatic rings. The summed E-state index contributed by atoms with van der Waals surface area (Å²) in [5.41, 5.74) is 14.5. The number of aliphatic hydroxyl groups excluding tert-OH is 2. The van der Waals surface area contributed by atoms with Crippen LogP contribution in [0.3, 0.4) is 0 Å². The summed E-state index contributed by atoms with van der Waals surface area (Å²) >= 11 is 0. The smallest absolute Gasteiger partial charge is 0.0691 e. The highest BCUT2D eigenvalue weighted by Gasteiger charge is 2.27. The van der Waals surface area contributed by atoms with Crippen LogP contribution in [0.5, 0.6) is 0 Å². The summed E-state index contributed by atoms with van der Waals surface area (Å²) in [6.45, 7) is -0.423. The van der Waals surface area contributed by atoms with E-state index in [0.717, 1.165) is 99.4 Å². The molecule has 0 heterocycles. The maximum absolute atomic E-state index is 11.2. The van der Waals surface area contributed by atoms with Gasteiger partial charge in [-0.25, -0.2) is 0 Å². The van der Waals surface area contributed by atoms with Gasteiger partial charge in [-0.3, -0.25) is 0 Å². The zero-order valence-electron chi connectivity index (χ0n) is 29.8. The van der Waals surface area contributed by atoms with E-state index in [1.165, 1.54) is 0 Å². The van der Waals surface area contributed by atoms with Gasteiger partial charge in [0.05, 0.1) is 13.2 Å². The van der Waals surface area contributed by atoms with Crippen LogP contribution in [0.2, 0.25) is 0 Å². The minimum Gasteiger partial charge on any atom is -0.392 e. The van der Waals surface area contributed by atoms with Crippen molar-refractivity contribution in [1.82, 2.24) is 0 Å². The fraction of sp³-hybridized carbons (Fsp3) is 0.0385. The molecule has 9 aromatic carbocycles. The third-order valence-corrected chi connectivity index (χ3v) is 10.6. The Morgan fingerprint density at radius 2 is 0.444 bits per heavy atom. The number of hydrogen-bond acceptors (Lipinski definition) is 2. The summed E-state index contributed by atoms with van der Waals surface area (Å²) in [6.07, 6.45) is 0. The van der Waals surface area contributed by atoms with Crippen LogP contribution < -0.4 is 0 Å². The number of aliphatic hydroxyl groups is 2. The predicted molar refractivity (Wildman–Crippen MR) is 226 cm³/mol. The summed E-state index contributed by atoms with van der Waals surface area (Å²) in [5, 5.41) is 26.7. The molecular formula is C52H38O2. The van der Waals surface area contributed by atoms with Gasteiger partial charge in [0, 0.05) is 0 Å². The van der Waals surface area contributed by atoms with Crippen molar-refractivity contribution in [1.29, 1.82) is 0 Å². The number of fused-ring (bicyclic) bond motifs is 2. The van der Waals surface area contributed by atoms with E-state index >= 15 is 0 Å². The minimum absolute atomic E-state index is 0.211. The Hall–Kier alpha value is -6.58. The summed E-state index contributed by atoms with van der Waals surface area (Å²) in [7, 11) is 0. The van der Waals surface area contributed by atoms with Gasteiger partial charge in [-0.1, -0.05) is 182 Å². The van der Waals surface area contributed by atoms with Gasteiger partial charge in [0.15, 0.2) is 0 Å². The van der Waals surface area contributed by atoms with E-state index in [9.17, 15) is 10.2 Å². The molecule has 0 radical (unpaired) electrons. The second kappa shape index (κ2) is 14.4. The topological polar surface area (TPSA) is 40.5 Å². The minimum atomic E-state index is -0.211. The zero-order chi connectivity index (χ0) is 36.4. The van der Waals surface area contributed by atoms with Crippen LogP contribution in [0.25, 0.3) is 88.3 Å². The lowest BCUT2D eigenvalue weighted by Gasteiger charge is -2.26. The Balaban J connectivity index is 1.61. The first-order valence-corrected chi connectivity index (χ1v) is 18.5. The highest BCUT2D eigenvalue weighted by molar-refractivity contribution is 6.23. The van der Waals surface area contributed by atoms with Gasteiger partial charge < -0.3 is 10.2 Å². The Bertz CT molecular complexity index is 2530. The van der Waals surface area contributed by atoms with E-state index in [1.54, 1.807) is 0 Å². The van der Waals surface area contributed by atoms with Crippen LogP contribution >= 0.6 is 0 Å². The molecule has 0 aromatic heterocycles. The maximum Gasteiger partial charge on any atom is 0.0691 e. The second-order valence-corrected chi connectivity index (χ2v) is 13.7. The molecule has 0 spiro atoms. The molecule has 0 bridgehead atoms. The number of rotatable bonds is 8.